The third-order valence-corrected chi connectivity index (χ3v) is 4.58. The van der Waals surface area contributed by atoms with Crippen molar-refractivity contribution < 1.29 is 9.53 Å². The molecule has 0 aromatic carbocycles. The molecule has 116 valence electrons. The molecular weight excluding hydrogens is 298 g/mol. The van der Waals surface area contributed by atoms with E-state index in [4.69, 9.17) is 4.74 Å². The molecule has 1 fully saturated rings. The van der Waals surface area contributed by atoms with Crippen LogP contribution in [0, 0.1) is 0 Å². The SMILES string of the molecule is O=C(CC1COCCN1)NCc1ccc(-c2ccccn2)s1. The Morgan fingerprint density at radius 1 is 1.41 bits per heavy atom. The van der Waals surface area contributed by atoms with Crippen LogP contribution >= 0.6 is 11.3 Å². The number of amides is 1. The average molecular weight is 317 g/mol. The van der Waals surface area contributed by atoms with Crippen molar-refractivity contribution in [2.45, 2.75) is 19.0 Å². The molecule has 0 aliphatic carbocycles. The number of carbonyl (C=O) groups is 1. The molecule has 3 heterocycles. The van der Waals surface area contributed by atoms with Crippen LogP contribution in [0.5, 0.6) is 0 Å². The summed E-state index contributed by atoms with van der Waals surface area (Å²) in [6, 6.07) is 10.1. The lowest BCUT2D eigenvalue weighted by molar-refractivity contribution is -0.122. The maximum absolute atomic E-state index is 11.9. The number of ether oxygens (including phenoxy) is 1. The van der Waals surface area contributed by atoms with Crippen molar-refractivity contribution in [3.8, 4) is 10.6 Å². The molecule has 1 unspecified atom stereocenters. The van der Waals surface area contributed by atoms with Gasteiger partial charge in [0.05, 0.1) is 30.3 Å². The Balaban J connectivity index is 1.49. The molecule has 1 amide bonds. The fourth-order valence-electron chi connectivity index (χ4n) is 2.35. The van der Waals surface area contributed by atoms with Gasteiger partial charge in [-0.05, 0) is 24.3 Å². The summed E-state index contributed by atoms with van der Waals surface area (Å²) in [4.78, 5) is 18.5. The van der Waals surface area contributed by atoms with E-state index < -0.39 is 0 Å². The number of carbonyl (C=O) groups excluding carboxylic acids is 1. The van der Waals surface area contributed by atoms with Crippen LogP contribution in [0.15, 0.2) is 36.5 Å². The molecule has 0 bridgehead atoms. The number of morpholine rings is 1. The van der Waals surface area contributed by atoms with Crippen LogP contribution in [0.25, 0.3) is 10.6 Å². The third-order valence-electron chi connectivity index (χ3n) is 3.47. The summed E-state index contributed by atoms with van der Waals surface area (Å²) in [5, 5.41) is 6.25. The number of pyridine rings is 1. The number of nitrogens with one attached hydrogen (secondary N) is 2. The Morgan fingerprint density at radius 3 is 3.14 bits per heavy atom. The minimum atomic E-state index is 0.0517. The van der Waals surface area contributed by atoms with E-state index in [9.17, 15) is 4.79 Å². The molecule has 0 saturated carbocycles. The van der Waals surface area contributed by atoms with Crippen molar-refractivity contribution in [3.63, 3.8) is 0 Å². The van der Waals surface area contributed by atoms with Gasteiger partial charge in [0.1, 0.15) is 0 Å². The molecule has 2 aromatic rings. The van der Waals surface area contributed by atoms with Crippen molar-refractivity contribution in [1.82, 2.24) is 15.6 Å². The first-order valence-electron chi connectivity index (χ1n) is 7.39. The zero-order valence-corrected chi connectivity index (χ0v) is 13.1. The van der Waals surface area contributed by atoms with Gasteiger partial charge in [-0.15, -0.1) is 11.3 Å². The highest BCUT2D eigenvalue weighted by molar-refractivity contribution is 7.15. The van der Waals surface area contributed by atoms with Gasteiger partial charge in [0.25, 0.3) is 0 Å². The number of hydrogen-bond acceptors (Lipinski definition) is 5. The topological polar surface area (TPSA) is 63.2 Å². The van der Waals surface area contributed by atoms with Gasteiger partial charge in [0.2, 0.25) is 5.91 Å². The first-order valence-corrected chi connectivity index (χ1v) is 8.21. The number of thiophene rings is 1. The Hall–Kier alpha value is -1.76. The highest BCUT2D eigenvalue weighted by atomic mass is 32.1. The second kappa shape index (κ2) is 7.49. The highest BCUT2D eigenvalue weighted by Crippen LogP contribution is 2.26. The highest BCUT2D eigenvalue weighted by Gasteiger charge is 2.16. The Bertz CT molecular complexity index is 609. The molecule has 1 aliphatic rings. The lowest BCUT2D eigenvalue weighted by atomic mass is 10.2. The van der Waals surface area contributed by atoms with Gasteiger partial charge >= 0.3 is 0 Å². The summed E-state index contributed by atoms with van der Waals surface area (Å²) in [6.07, 6.45) is 2.24. The monoisotopic (exact) mass is 317 g/mol. The van der Waals surface area contributed by atoms with E-state index in [-0.39, 0.29) is 11.9 Å². The maximum Gasteiger partial charge on any atom is 0.221 e. The summed E-state index contributed by atoms with van der Waals surface area (Å²) in [6.45, 7) is 2.71. The molecule has 0 radical (unpaired) electrons. The number of rotatable bonds is 5. The zero-order valence-electron chi connectivity index (χ0n) is 12.2. The smallest absolute Gasteiger partial charge is 0.221 e. The van der Waals surface area contributed by atoms with Crippen molar-refractivity contribution in [2.24, 2.45) is 0 Å². The predicted octanol–water partition coefficient (Wildman–Crippen LogP) is 1.80. The Morgan fingerprint density at radius 2 is 2.36 bits per heavy atom. The molecule has 22 heavy (non-hydrogen) atoms. The van der Waals surface area contributed by atoms with Crippen molar-refractivity contribution >= 4 is 17.2 Å². The van der Waals surface area contributed by atoms with Crippen molar-refractivity contribution in [2.75, 3.05) is 19.8 Å². The molecule has 5 nitrogen and oxygen atoms in total. The molecule has 1 saturated heterocycles. The molecule has 1 aliphatic heterocycles. The largest absolute Gasteiger partial charge is 0.378 e. The van der Waals surface area contributed by atoms with Crippen molar-refractivity contribution in [1.29, 1.82) is 0 Å². The van der Waals surface area contributed by atoms with Gasteiger partial charge in [-0.2, -0.15) is 0 Å². The minimum Gasteiger partial charge on any atom is -0.378 e. The molecule has 1 atom stereocenters. The summed E-state index contributed by atoms with van der Waals surface area (Å²) in [7, 11) is 0. The average Bonchev–Trinajstić information content (AvgIpc) is 3.04. The maximum atomic E-state index is 11.9. The fourth-order valence-corrected chi connectivity index (χ4v) is 3.28. The van der Waals surface area contributed by atoms with E-state index in [1.54, 1.807) is 17.5 Å². The zero-order chi connectivity index (χ0) is 15.2. The van der Waals surface area contributed by atoms with E-state index >= 15 is 0 Å². The normalized spacial score (nSPS) is 18.1. The molecule has 2 aromatic heterocycles. The Kier molecular flexibility index (Phi) is 5.15. The molecule has 6 heteroatoms. The van der Waals surface area contributed by atoms with E-state index in [1.165, 1.54) is 0 Å². The van der Waals surface area contributed by atoms with E-state index in [0.29, 0.717) is 19.6 Å². The standard InChI is InChI=1S/C16H19N3O2S/c20-16(9-12-11-21-8-7-17-12)19-10-13-4-5-15(22-13)14-3-1-2-6-18-14/h1-6,12,17H,7-11H2,(H,19,20). The van der Waals surface area contributed by atoms with Gasteiger partial charge in [-0.25, -0.2) is 0 Å². The third kappa shape index (κ3) is 4.13. The molecule has 3 rings (SSSR count). The van der Waals surface area contributed by atoms with Gasteiger partial charge in [0, 0.05) is 30.1 Å². The number of hydrogen-bond donors (Lipinski definition) is 2. The van der Waals surface area contributed by atoms with Crippen LogP contribution in [0.3, 0.4) is 0 Å². The summed E-state index contributed by atoms with van der Waals surface area (Å²) >= 11 is 1.66. The molecule has 2 N–H and O–H groups in total. The lowest BCUT2D eigenvalue weighted by Crippen LogP contribution is -2.44. The van der Waals surface area contributed by atoms with Crippen LogP contribution in [0.2, 0.25) is 0 Å². The summed E-state index contributed by atoms with van der Waals surface area (Å²) in [5.41, 5.74) is 0.966. The van der Waals surface area contributed by atoms with E-state index in [2.05, 4.69) is 15.6 Å². The molecule has 0 spiro atoms. The molecular formula is C16H19N3O2S. The first-order chi connectivity index (χ1) is 10.8. The van der Waals surface area contributed by atoms with Gasteiger partial charge in [-0.3, -0.25) is 9.78 Å². The van der Waals surface area contributed by atoms with Crippen molar-refractivity contribution in [3.05, 3.63) is 41.4 Å². The van der Waals surface area contributed by atoms with Gasteiger partial charge in [-0.1, -0.05) is 6.07 Å². The van der Waals surface area contributed by atoms with Crippen LogP contribution in [-0.4, -0.2) is 36.7 Å². The lowest BCUT2D eigenvalue weighted by Gasteiger charge is -2.23. The summed E-state index contributed by atoms with van der Waals surface area (Å²) < 4.78 is 5.35. The van der Waals surface area contributed by atoms with Crippen LogP contribution in [-0.2, 0) is 16.1 Å². The fraction of sp³-hybridized carbons (Fsp3) is 0.375. The second-order valence-corrected chi connectivity index (χ2v) is 6.36. The number of aromatic nitrogens is 1. The van der Waals surface area contributed by atoms with Crippen LogP contribution in [0.4, 0.5) is 0 Å². The second-order valence-electron chi connectivity index (χ2n) is 5.19. The minimum absolute atomic E-state index is 0.0517. The summed E-state index contributed by atoms with van der Waals surface area (Å²) in [5.74, 6) is 0.0517. The van der Waals surface area contributed by atoms with Gasteiger partial charge < -0.3 is 15.4 Å². The van der Waals surface area contributed by atoms with Crippen LogP contribution in [0.1, 0.15) is 11.3 Å². The quantitative estimate of drug-likeness (QED) is 0.883. The Labute approximate surface area is 133 Å². The van der Waals surface area contributed by atoms with Crippen LogP contribution < -0.4 is 10.6 Å². The first kappa shape index (κ1) is 15.1. The van der Waals surface area contributed by atoms with E-state index in [1.807, 2.05) is 30.3 Å². The van der Waals surface area contributed by atoms with Gasteiger partial charge in [0.15, 0.2) is 0 Å². The number of nitrogens with zero attached hydrogens (tertiary/aromatic N) is 1. The van der Waals surface area contributed by atoms with E-state index in [0.717, 1.165) is 28.6 Å². The predicted molar refractivity (Wildman–Crippen MR) is 86.6 cm³/mol.